The van der Waals surface area contributed by atoms with Crippen LogP contribution in [0.5, 0.6) is 0 Å². The van der Waals surface area contributed by atoms with Crippen LogP contribution in [-0.4, -0.2) is 22.7 Å². The number of hydrogen-bond acceptors (Lipinski definition) is 4. The van der Waals surface area contributed by atoms with Crippen molar-refractivity contribution >= 4 is 5.69 Å². The van der Waals surface area contributed by atoms with Crippen molar-refractivity contribution in [2.24, 2.45) is 0 Å². The number of aliphatic hydroxyl groups excluding tert-OH is 1. The molecule has 2 unspecified atom stereocenters. The third-order valence-electron chi connectivity index (χ3n) is 3.30. The van der Waals surface area contributed by atoms with Gasteiger partial charge in [-0.05, 0) is 24.8 Å². The van der Waals surface area contributed by atoms with Gasteiger partial charge >= 0.3 is 0 Å². The Bertz CT molecular complexity index is 409. The van der Waals surface area contributed by atoms with Crippen LogP contribution in [0, 0.1) is 10.1 Å². The largest absolute Gasteiger partial charge is 0.396 e. The maximum absolute atomic E-state index is 10.8. The fourth-order valence-electron chi connectivity index (χ4n) is 2.15. The maximum Gasteiger partial charge on any atom is 0.269 e. The number of hydrogen-bond donors (Lipinski definition) is 2. The van der Waals surface area contributed by atoms with Crippen molar-refractivity contribution in [3.8, 4) is 0 Å². The third-order valence-corrected chi connectivity index (χ3v) is 3.30. The smallest absolute Gasteiger partial charge is 0.269 e. The third kappa shape index (κ3) is 4.61. The van der Waals surface area contributed by atoms with Crippen LogP contribution < -0.4 is 5.32 Å². The van der Waals surface area contributed by atoms with Gasteiger partial charge in [0.15, 0.2) is 0 Å². The summed E-state index contributed by atoms with van der Waals surface area (Å²) >= 11 is 0. The lowest BCUT2D eigenvalue weighted by atomic mass is 10.0. The van der Waals surface area contributed by atoms with Crippen LogP contribution in [0.3, 0.4) is 0 Å². The van der Waals surface area contributed by atoms with E-state index in [2.05, 4.69) is 12.2 Å². The first-order chi connectivity index (χ1) is 9.12. The first kappa shape index (κ1) is 15.6. The molecule has 0 radical (unpaired) electrons. The van der Waals surface area contributed by atoms with Crippen molar-refractivity contribution in [2.75, 3.05) is 6.61 Å². The van der Waals surface area contributed by atoms with Gasteiger partial charge in [0.25, 0.3) is 5.69 Å². The van der Waals surface area contributed by atoms with Crippen LogP contribution in [0.25, 0.3) is 0 Å². The summed E-state index contributed by atoms with van der Waals surface area (Å²) in [7, 11) is 0. The zero-order chi connectivity index (χ0) is 14.3. The van der Waals surface area contributed by atoms with Gasteiger partial charge in [-0.1, -0.05) is 26.0 Å². The van der Waals surface area contributed by atoms with Gasteiger partial charge in [0, 0.05) is 30.8 Å². The Hall–Kier alpha value is -1.46. The Morgan fingerprint density at radius 1 is 1.37 bits per heavy atom. The van der Waals surface area contributed by atoms with Crippen LogP contribution in [0.4, 0.5) is 5.69 Å². The van der Waals surface area contributed by atoms with Gasteiger partial charge in [-0.3, -0.25) is 10.1 Å². The van der Waals surface area contributed by atoms with E-state index in [1.165, 1.54) is 6.07 Å². The Morgan fingerprint density at radius 3 is 2.63 bits per heavy atom. The summed E-state index contributed by atoms with van der Waals surface area (Å²) in [4.78, 5) is 10.4. The molecular formula is C14H22N2O3. The Balaban J connectivity index is 2.84. The molecule has 5 heteroatoms. The fourth-order valence-corrected chi connectivity index (χ4v) is 2.15. The first-order valence-corrected chi connectivity index (χ1v) is 6.73. The van der Waals surface area contributed by atoms with Crippen molar-refractivity contribution in [3.05, 3.63) is 39.9 Å². The van der Waals surface area contributed by atoms with E-state index in [1.807, 2.05) is 13.0 Å². The second kappa shape index (κ2) is 7.86. The fraction of sp³-hybridized carbons (Fsp3) is 0.571. The van der Waals surface area contributed by atoms with Gasteiger partial charge in [-0.15, -0.1) is 0 Å². The lowest BCUT2D eigenvalue weighted by Gasteiger charge is -2.24. The normalized spacial score (nSPS) is 14.1. The summed E-state index contributed by atoms with van der Waals surface area (Å²) in [5, 5.41) is 23.3. The lowest BCUT2D eigenvalue weighted by molar-refractivity contribution is -0.384. The van der Waals surface area contributed by atoms with E-state index in [1.54, 1.807) is 12.1 Å². The molecule has 0 fully saturated rings. The van der Waals surface area contributed by atoms with E-state index >= 15 is 0 Å². The van der Waals surface area contributed by atoms with Crippen LogP contribution in [0.1, 0.15) is 44.7 Å². The number of aliphatic hydroxyl groups is 1. The SMILES string of the molecule is CCC(CCO)NC(CC)c1cccc([N+](=O)[O-])c1. The molecule has 5 nitrogen and oxygen atoms in total. The van der Waals surface area contributed by atoms with Crippen LogP contribution in [0.15, 0.2) is 24.3 Å². The zero-order valence-electron chi connectivity index (χ0n) is 11.5. The molecule has 0 saturated heterocycles. The molecule has 106 valence electrons. The number of nitro groups is 1. The van der Waals surface area contributed by atoms with Gasteiger partial charge in [-0.25, -0.2) is 0 Å². The van der Waals surface area contributed by atoms with E-state index in [4.69, 9.17) is 5.11 Å². The number of rotatable bonds is 8. The van der Waals surface area contributed by atoms with Gasteiger partial charge in [0.05, 0.1) is 4.92 Å². The highest BCUT2D eigenvalue weighted by atomic mass is 16.6. The highest BCUT2D eigenvalue weighted by Crippen LogP contribution is 2.22. The molecule has 0 aliphatic heterocycles. The van der Waals surface area contributed by atoms with Crippen molar-refractivity contribution < 1.29 is 10.0 Å². The second-order valence-corrected chi connectivity index (χ2v) is 4.60. The van der Waals surface area contributed by atoms with E-state index in [0.29, 0.717) is 6.42 Å². The van der Waals surface area contributed by atoms with Crippen molar-refractivity contribution in [1.82, 2.24) is 5.32 Å². The van der Waals surface area contributed by atoms with Crippen molar-refractivity contribution in [2.45, 2.75) is 45.2 Å². The Morgan fingerprint density at radius 2 is 2.11 bits per heavy atom. The molecule has 0 aromatic heterocycles. The molecule has 1 aromatic rings. The summed E-state index contributed by atoms with van der Waals surface area (Å²) in [6.07, 6.45) is 2.47. The summed E-state index contributed by atoms with van der Waals surface area (Å²) in [5.41, 5.74) is 1.04. The standard InChI is InChI=1S/C14H22N2O3/c1-3-12(8-9-17)15-14(4-2)11-6-5-7-13(10-11)16(18)19/h5-7,10,12,14-15,17H,3-4,8-9H2,1-2H3. The van der Waals surface area contributed by atoms with Gasteiger partial charge < -0.3 is 10.4 Å². The highest BCUT2D eigenvalue weighted by molar-refractivity contribution is 5.35. The number of nitro benzene ring substituents is 1. The number of non-ortho nitro benzene ring substituents is 1. The molecule has 0 heterocycles. The van der Waals surface area contributed by atoms with Crippen molar-refractivity contribution in [1.29, 1.82) is 0 Å². The number of nitrogens with one attached hydrogen (secondary N) is 1. The molecule has 0 bridgehead atoms. The monoisotopic (exact) mass is 266 g/mol. The predicted octanol–water partition coefficient (Wildman–Crippen LogP) is 2.80. The van der Waals surface area contributed by atoms with E-state index < -0.39 is 0 Å². The maximum atomic E-state index is 10.8. The minimum absolute atomic E-state index is 0.0800. The molecule has 0 saturated carbocycles. The molecule has 19 heavy (non-hydrogen) atoms. The van der Waals surface area contributed by atoms with E-state index in [9.17, 15) is 10.1 Å². The number of benzene rings is 1. The molecule has 2 N–H and O–H groups in total. The van der Waals surface area contributed by atoms with Gasteiger partial charge in [-0.2, -0.15) is 0 Å². The van der Waals surface area contributed by atoms with Gasteiger partial charge in [0.1, 0.15) is 0 Å². The van der Waals surface area contributed by atoms with Crippen LogP contribution in [0.2, 0.25) is 0 Å². The summed E-state index contributed by atoms with van der Waals surface area (Å²) in [6.45, 7) is 4.26. The predicted molar refractivity (Wildman–Crippen MR) is 75.0 cm³/mol. The molecule has 0 spiro atoms. The second-order valence-electron chi connectivity index (χ2n) is 4.60. The minimum Gasteiger partial charge on any atom is -0.396 e. The van der Waals surface area contributed by atoms with Crippen molar-refractivity contribution in [3.63, 3.8) is 0 Å². The lowest BCUT2D eigenvalue weighted by Crippen LogP contribution is -2.33. The molecule has 2 atom stereocenters. The molecule has 0 aliphatic rings. The summed E-state index contributed by atoms with van der Waals surface area (Å²) in [5.74, 6) is 0. The topological polar surface area (TPSA) is 75.4 Å². The first-order valence-electron chi connectivity index (χ1n) is 6.73. The Kier molecular flexibility index (Phi) is 6.45. The number of nitrogens with zero attached hydrogens (tertiary/aromatic N) is 1. The van der Waals surface area contributed by atoms with Gasteiger partial charge in [0.2, 0.25) is 0 Å². The van der Waals surface area contributed by atoms with E-state index in [-0.39, 0.29) is 29.3 Å². The zero-order valence-corrected chi connectivity index (χ0v) is 11.5. The quantitative estimate of drug-likeness (QED) is 0.560. The summed E-state index contributed by atoms with van der Waals surface area (Å²) < 4.78 is 0. The summed E-state index contributed by atoms with van der Waals surface area (Å²) in [6, 6.07) is 7.05. The highest BCUT2D eigenvalue weighted by Gasteiger charge is 2.16. The van der Waals surface area contributed by atoms with Crippen LogP contribution >= 0.6 is 0 Å². The Labute approximate surface area is 113 Å². The molecule has 1 rings (SSSR count). The average Bonchev–Trinajstić information content (AvgIpc) is 2.43. The van der Waals surface area contributed by atoms with Crippen LogP contribution in [-0.2, 0) is 0 Å². The molecule has 1 aromatic carbocycles. The minimum atomic E-state index is -0.374. The average molecular weight is 266 g/mol. The molecule has 0 amide bonds. The molecule has 0 aliphatic carbocycles. The van der Waals surface area contributed by atoms with E-state index in [0.717, 1.165) is 18.4 Å². The molecular weight excluding hydrogens is 244 g/mol.